The lowest BCUT2D eigenvalue weighted by Gasteiger charge is -2.30. The minimum atomic E-state index is 0.327. The Hall–Kier alpha value is -0.0800. The summed E-state index contributed by atoms with van der Waals surface area (Å²) in [6.07, 6.45) is 8.62. The molecule has 0 aliphatic carbocycles. The van der Waals surface area contributed by atoms with Crippen LogP contribution in [-0.4, -0.2) is 35.7 Å². The van der Waals surface area contributed by atoms with Crippen molar-refractivity contribution in [3.05, 3.63) is 0 Å². The molecule has 0 radical (unpaired) electrons. The Balaban J connectivity index is 4.06. The van der Waals surface area contributed by atoms with Gasteiger partial charge >= 0.3 is 0 Å². The van der Waals surface area contributed by atoms with Crippen LogP contribution in [0.15, 0.2) is 0 Å². The zero-order valence-electron chi connectivity index (χ0n) is 11.5. The van der Waals surface area contributed by atoms with E-state index in [9.17, 15) is 5.11 Å². The molecule has 0 rings (SSSR count). The average Bonchev–Trinajstić information content (AvgIpc) is 2.32. The third-order valence-corrected chi connectivity index (χ3v) is 3.22. The quantitative estimate of drug-likeness (QED) is 0.586. The summed E-state index contributed by atoms with van der Waals surface area (Å²) in [5.41, 5.74) is 0. The van der Waals surface area contributed by atoms with Gasteiger partial charge in [-0.25, -0.2) is 0 Å². The summed E-state index contributed by atoms with van der Waals surface area (Å²) in [5, 5.41) is 9.48. The molecule has 0 bridgehead atoms. The molecule has 2 nitrogen and oxygen atoms in total. The summed E-state index contributed by atoms with van der Waals surface area (Å²) in [6, 6.07) is 0.401. The highest BCUT2D eigenvalue weighted by Gasteiger charge is 2.15. The molecule has 0 heterocycles. The first-order valence-electron chi connectivity index (χ1n) is 7.14. The zero-order chi connectivity index (χ0) is 12.2. The van der Waals surface area contributed by atoms with Gasteiger partial charge in [0, 0.05) is 6.04 Å². The maximum absolute atomic E-state index is 9.48. The number of unbranched alkanes of at least 4 members (excludes halogenated alkanes) is 3. The Bertz CT molecular complexity index is 131. The number of aliphatic hydroxyl groups is 1. The van der Waals surface area contributed by atoms with Crippen LogP contribution in [0.2, 0.25) is 0 Å². The van der Waals surface area contributed by atoms with E-state index < -0.39 is 0 Å². The Morgan fingerprint density at radius 1 is 0.875 bits per heavy atom. The van der Waals surface area contributed by atoms with E-state index in [0.717, 1.165) is 19.5 Å². The smallest absolute Gasteiger partial charge is 0.0586 e. The van der Waals surface area contributed by atoms with Crippen LogP contribution in [-0.2, 0) is 0 Å². The van der Waals surface area contributed by atoms with E-state index in [0.29, 0.717) is 12.6 Å². The van der Waals surface area contributed by atoms with Crippen LogP contribution in [0.25, 0.3) is 0 Å². The van der Waals surface area contributed by atoms with Gasteiger partial charge in [-0.3, -0.25) is 4.90 Å². The normalized spacial score (nSPS) is 13.3. The van der Waals surface area contributed by atoms with Gasteiger partial charge in [0.25, 0.3) is 0 Å². The van der Waals surface area contributed by atoms with Gasteiger partial charge in [-0.2, -0.15) is 0 Å². The van der Waals surface area contributed by atoms with E-state index in [1.54, 1.807) is 0 Å². The number of aliphatic hydroxyl groups excluding tert-OH is 1. The number of hydrogen-bond donors (Lipinski definition) is 1. The highest BCUT2D eigenvalue weighted by Crippen LogP contribution is 2.11. The SMILES string of the molecule is CCCCC(CO)N(CCCC)CCCC. The van der Waals surface area contributed by atoms with Crippen LogP contribution < -0.4 is 0 Å². The summed E-state index contributed by atoms with van der Waals surface area (Å²) >= 11 is 0. The van der Waals surface area contributed by atoms with Crippen molar-refractivity contribution in [1.82, 2.24) is 4.90 Å². The lowest BCUT2D eigenvalue weighted by atomic mass is 10.1. The van der Waals surface area contributed by atoms with E-state index in [1.807, 2.05) is 0 Å². The molecule has 0 amide bonds. The van der Waals surface area contributed by atoms with Gasteiger partial charge in [-0.1, -0.05) is 46.5 Å². The van der Waals surface area contributed by atoms with Crippen molar-refractivity contribution in [3.63, 3.8) is 0 Å². The molecule has 1 atom stereocenters. The fraction of sp³-hybridized carbons (Fsp3) is 1.00. The van der Waals surface area contributed by atoms with Gasteiger partial charge in [0.05, 0.1) is 6.61 Å². The van der Waals surface area contributed by atoms with Crippen LogP contribution in [0, 0.1) is 0 Å². The maximum atomic E-state index is 9.48. The van der Waals surface area contributed by atoms with Crippen molar-refractivity contribution in [2.45, 2.75) is 71.8 Å². The largest absolute Gasteiger partial charge is 0.395 e. The molecular formula is C14H31NO. The average molecular weight is 229 g/mol. The highest BCUT2D eigenvalue weighted by atomic mass is 16.3. The minimum Gasteiger partial charge on any atom is -0.395 e. The first-order chi connectivity index (χ1) is 7.79. The van der Waals surface area contributed by atoms with Crippen molar-refractivity contribution >= 4 is 0 Å². The zero-order valence-corrected chi connectivity index (χ0v) is 11.5. The molecule has 16 heavy (non-hydrogen) atoms. The summed E-state index contributed by atoms with van der Waals surface area (Å²) < 4.78 is 0. The van der Waals surface area contributed by atoms with Gasteiger partial charge in [0.1, 0.15) is 0 Å². The van der Waals surface area contributed by atoms with Gasteiger partial charge in [-0.15, -0.1) is 0 Å². The number of nitrogens with zero attached hydrogens (tertiary/aromatic N) is 1. The number of rotatable bonds is 11. The van der Waals surface area contributed by atoms with E-state index in [1.165, 1.54) is 38.5 Å². The molecule has 0 aromatic rings. The monoisotopic (exact) mass is 229 g/mol. The Labute approximate surface area is 102 Å². The maximum Gasteiger partial charge on any atom is 0.0586 e. The molecule has 98 valence electrons. The fourth-order valence-electron chi connectivity index (χ4n) is 2.03. The summed E-state index contributed by atoms with van der Waals surface area (Å²) in [6.45, 7) is 9.33. The molecule has 2 heteroatoms. The predicted molar refractivity (Wildman–Crippen MR) is 71.8 cm³/mol. The van der Waals surface area contributed by atoms with E-state index >= 15 is 0 Å². The Morgan fingerprint density at radius 3 is 1.75 bits per heavy atom. The molecule has 0 fully saturated rings. The van der Waals surface area contributed by atoms with Crippen LogP contribution in [0.4, 0.5) is 0 Å². The van der Waals surface area contributed by atoms with Crippen LogP contribution in [0.1, 0.15) is 65.7 Å². The molecular weight excluding hydrogens is 198 g/mol. The topological polar surface area (TPSA) is 23.5 Å². The van der Waals surface area contributed by atoms with E-state index in [-0.39, 0.29) is 0 Å². The van der Waals surface area contributed by atoms with Crippen molar-refractivity contribution in [3.8, 4) is 0 Å². The van der Waals surface area contributed by atoms with Gasteiger partial charge in [-0.05, 0) is 32.4 Å². The third-order valence-electron chi connectivity index (χ3n) is 3.22. The second kappa shape index (κ2) is 11.4. The van der Waals surface area contributed by atoms with Gasteiger partial charge in [0.2, 0.25) is 0 Å². The molecule has 0 aliphatic heterocycles. The second-order valence-corrected chi connectivity index (χ2v) is 4.72. The fourth-order valence-corrected chi connectivity index (χ4v) is 2.03. The predicted octanol–water partition coefficient (Wildman–Crippen LogP) is 3.44. The molecule has 0 spiro atoms. The van der Waals surface area contributed by atoms with Crippen molar-refractivity contribution in [1.29, 1.82) is 0 Å². The first kappa shape index (κ1) is 15.9. The van der Waals surface area contributed by atoms with Crippen LogP contribution in [0.3, 0.4) is 0 Å². The third kappa shape index (κ3) is 7.24. The van der Waals surface area contributed by atoms with Crippen molar-refractivity contribution in [2.75, 3.05) is 19.7 Å². The van der Waals surface area contributed by atoms with Crippen LogP contribution >= 0.6 is 0 Å². The van der Waals surface area contributed by atoms with Crippen molar-refractivity contribution in [2.24, 2.45) is 0 Å². The molecule has 1 unspecified atom stereocenters. The van der Waals surface area contributed by atoms with E-state index in [4.69, 9.17) is 0 Å². The first-order valence-corrected chi connectivity index (χ1v) is 7.14. The molecule has 1 N–H and O–H groups in total. The summed E-state index contributed by atoms with van der Waals surface area (Å²) in [7, 11) is 0. The molecule has 0 saturated heterocycles. The van der Waals surface area contributed by atoms with Gasteiger partial charge in [0.15, 0.2) is 0 Å². The standard InChI is InChI=1S/C14H31NO/c1-4-7-10-14(13-16)15(11-8-5-2)12-9-6-3/h14,16H,4-13H2,1-3H3. The number of hydrogen-bond acceptors (Lipinski definition) is 2. The summed E-state index contributed by atoms with van der Waals surface area (Å²) in [5.74, 6) is 0. The van der Waals surface area contributed by atoms with Crippen LogP contribution in [0.5, 0.6) is 0 Å². The Kier molecular flexibility index (Phi) is 11.3. The van der Waals surface area contributed by atoms with Gasteiger partial charge < -0.3 is 5.11 Å². The Morgan fingerprint density at radius 2 is 1.38 bits per heavy atom. The van der Waals surface area contributed by atoms with E-state index in [2.05, 4.69) is 25.7 Å². The summed E-state index contributed by atoms with van der Waals surface area (Å²) in [4.78, 5) is 2.50. The van der Waals surface area contributed by atoms with Crippen molar-refractivity contribution < 1.29 is 5.11 Å². The lowest BCUT2D eigenvalue weighted by molar-refractivity contribution is 0.111. The molecule has 0 aliphatic rings. The second-order valence-electron chi connectivity index (χ2n) is 4.72. The highest BCUT2D eigenvalue weighted by molar-refractivity contribution is 4.71. The minimum absolute atomic E-state index is 0.327. The lowest BCUT2D eigenvalue weighted by Crippen LogP contribution is -2.39. The molecule has 0 aromatic heterocycles. The molecule has 0 aromatic carbocycles. The molecule has 0 saturated carbocycles.